The first kappa shape index (κ1) is 27.7. The maximum absolute atomic E-state index is 15.8. The Morgan fingerprint density at radius 2 is 2.03 bits per heavy atom. The van der Waals surface area contributed by atoms with Gasteiger partial charge >= 0.3 is 6.09 Å². The summed E-state index contributed by atoms with van der Waals surface area (Å²) < 4.78 is 22.8. The molecule has 2 aliphatic heterocycles. The Kier molecular flexibility index (Phi) is 7.80. The van der Waals surface area contributed by atoms with Gasteiger partial charge in [-0.15, -0.1) is 0 Å². The van der Waals surface area contributed by atoms with E-state index in [9.17, 15) is 14.9 Å². The number of carbonyl (C=O) groups is 1. The number of halogens is 3. The molecular weight excluding hydrogens is 565 g/mol. The van der Waals surface area contributed by atoms with E-state index in [-0.39, 0.29) is 39.2 Å². The molecule has 0 radical (unpaired) electrons. The summed E-state index contributed by atoms with van der Waals surface area (Å²) in [4.78, 5) is 32.1. The van der Waals surface area contributed by atoms with E-state index < -0.39 is 23.1 Å². The first-order valence-corrected chi connectivity index (χ1v) is 13.6. The molecule has 2 fully saturated rings. The Bertz CT molecular complexity index is 1340. The lowest BCUT2D eigenvalue weighted by Crippen LogP contribution is -2.55. The lowest BCUT2D eigenvalue weighted by Gasteiger charge is -2.41. The molecule has 0 saturated carbocycles. The number of ether oxygens (including phenoxy) is 1. The van der Waals surface area contributed by atoms with Crippen LogP contribution in [0, 0.1) is 17.1 Å². The quantitative estimate of drug-likeness (QED) is 0.466. The van der Waals surface area contributed by atoms with Crippen molar-refractivity contribution in [2.24, 2.45) is 0 Å². The molecule has 0 spiro atoms. The lowest BCUT2D eigenvalue weighted by atomic mass is 10.0. The third-order valence-corrected chi connectivity index (χ3v) is 8.41. The van der Waals surface area contributed by atoms with Crippen LogP contribution in [0.2, 0.25) is 5.02 Å². The summed E-state index contributed by atoms with van der Waals surface area (Å²) in [5, 5.41) is 10.7. The van der Waals surface area contributed by atoms with Crippen molar-refractivity contribution in [3.63, 3.8) is 0 Å². The van der Waals surface area contributed by atoms with Crippen LogP contribution in [0.4, 0.5) is 14.9 Å². The van der Waals surface area contributed by atoms with Crippen LogP contribution >= 0.6 is 27.5 Å². The number of likely N-dealkylation sites (tertiary alicyclic amines) is 1. The molecule has 37 heavy (non-hydrogen) atoms. The van der Waals surface area contributed by atoms with Gasteiger partial charge in [-0.25, -0.2) is 9.18 Å². The van der Waals surface area contributed by atoms with Crippen molar-refractivity contribution in [3.05, 3.63) is 37.3 Å². The van der Waals surface area contributed by atoms with Crippen LogP contribution in [0.25, 0.3) is 10.9 Å². The van der Waals surface area contributed by atoms with Gasteiger partial charge < -0.3 is 24.0 Å². The summed E-state index contributed by atoms with van der Waals surface area (Å²) in [6.45, 7) is 9.50. The molecule has 0 bridgehead atoms. The number of hydrogen-bond donors (Lipinski definition) is 0. The van der Waals surface area contributed by atoms with Crippen LogP contribution in [0.15, 0.2) is 15.3 Å². The molecule has 200 valence electrons. The van der Waals surface area contributed by atoms with E-state index >= 15 is 4.39 Å². The summed E-state index contributed by atoms with van der Waals surface area (Å²) in [6.07, 6.45) is 1.46. The first-order valence-electron chi connectivity index (χ1n) is 12.4. The molecule has 3 heterocycles. The van der Waals surface area contributed by atoms with Gasteiger partial charge in [0.2, 0.25) is 0 Å². The maximum Gasteiger partial charge on any atom is 0.410 e. The highest BCUT2D eigenvalue weighted by Gasteiger charge is 2.34. The van der Waals surface area contributed by atoms with Gasteiger partial charge in [0.05, 0.1) is 20.7 Å². The smallest absolute Gasteiger partial charge is 0.410 e. The average molecular weight is 597 g/mol. The molecule has 2 aliphatic rings. The van der Waals surface area contributed by atoms with Crippen LogP contribution in [0.1, 0.15) is 46.1 Å². The number of amides is 1. The minimum Gasteiger partial charge on any atom is -0.444 e. The van der Waals surface area contributed by atoms with E-state index in [0.29, 0.717) is 30.7 Å². The largest absolute Gasteiger partial charge is 0.444 e. The van der Waals surface area contributed by atoms with Crippen molar-refractivity contribution in [1.82, 2.24) is 14.4 Å². The molecule has 2 atom stereocenters. The molecule has 2 aromatic rings. The zero-order valence-corrected chi connectivity index (χ0v) is 24.1. The summed E-state index contributed by atoms with van der Waals surface area (Å²) >= 11 is 9.61. The molecule has 1 amide bonds. The molecule has 2 saturated heterocycles. The lowest BCUT2D eigenvalue weighted by molar-refractivity contribution is 0.0159. The minimum atomic E-state index is -0.633. The van der Waals surface area contributed by atoms with Crippen molar-refractivity contribution in [3.8, 4) is 6.07 Å². The van der Waals surface area contributed by atoms with Crippen molar-refractivity contribution in [2.75, 3.05) is 38.1 Å². The number of carbonyl (C=O) groups excluding carboxylic acids is 1. The fourth-order valence-corrected chi connectivity index (χ4v) is 5.77. The number of aromatic nitrogens is 1. The third kappa shape index (κ3) is 5.31. The van der Waals surface area contributed by atoms with E-state index in [1.54, 1.807) is 11.0 Å². The highest BCUT2D eigenvalue weighted by atomic mass is 79.9. The second-order valence-corrected chi connectivity index (χ2v) is 12.1. The molecule has 4 rings (SSSR count). The summed E-state index contributed by atoms with van der Waals surface area (Å²) in [5.41, 5.74) is -0.734. The van der Waals surface area contributed by atoms with E-state index in [1.165, 1.54) is 4.57 Å². The van der Waals surface area contributed by atoms with E-state index in [1.807, 2.05) is 39.6 Å². The van der Waals surface area contributed by atoms with Crippen LogP contribution < -0.4 is 10.5 Å². The summed E-state index contributed by atoms with van der Waals surface area (Å²) in [5.74, 6) is -0.633. The SMILES string of the molecule is CC1CN(c2c(C#N)c(=O)n(CC3CCCN3C)c3c(F)c(Br)c(Cl)cc23)CCN1C(=O)OC(C)(C)C. The first-order chi connectivity index (χ1) is 17.3. The Hall–Kier alpha value is -2.35. The molecule has 8 nitrogen and oxygen atoms in total. The highest BCUT2D eigenvalue weighted by molar-refractivity contribution is 9.10. The summed E-state index contributed by atoms with van der Waals surface area (Å²) in [6, 6.07) is 3.49. The predicted octanol–water partition coefficient (Wildman–Crippen LogP) is 4.97. The second-order valence-electron chi connectivity index (χ2n) is 10.9. The number of benzene rings is 1. The molecule has 0 N–H and O–H groups in total. The van der Waals surface area contributed by atoms with Crippen LogP contribution in [-0.2, 0) is 11.3 Å². The van der Waals surface area contributed by atoms with Crippen molar-refractivity contribution < 1.29 is 13.9 Å². The number of likely N-dealkylation sites (N-methyl/N-ethyl adjacent to an activating group) is 1. The Labute approximate surface area is 229 Å². The number of nitrogens with zero attached hydrogens (tertiary/aromatic N) is 5. The van der Waals surface area contributed by atoms with Crippen molar-refractivity contribution in [2.45, 2.75) is 64.8 Å². The molecule has 1 aromatic carbocycles. The Morgan fingerprint density at radius 1 is 1.32 bits per heavy atom. The maximum atomic E-state index is 15.8. The monoisotopic (exact) mass is 595 g/mol. The van der Waals surface area contributed by atoms with Gasteiger partial charge in [0.15, 0.2) is 5.82 Å². The predicted molar refractivity (Wildman–Crippen MR) is 146 cm³/mol. The average Bonchev–Trinajstić information content (AvgIpc) is 3.21. The molecule has 11 heteroatoms. The van der Waals surface area contributed by atoms with E-state index in [2.05, 4.69) is 26.9 Å². The van der Waals surface area contributed by atoms with Crippen LogP contribution in [0.3, 0.4) is 0 Å². The highest BCUT2D eigenvalue weighted by Crippen LogP contribution is 2.38. The Morgan fingerprint density at radius 3 is 2.59 bits per heavy atom. The van der Waals surface area contributed by atoms with Gasteiger partial charge in [-0.2, -0.15) is 5.26 Å². The van der Waals surface area contributed by atoms with Gasteiger partial charge in [0.25, 0.3) is 5.56 Å². The number of pyridine rings is 1. The Balaban J connectivity index is 1.82. The van der Waals surface area contributed by atoms with Crippen LogP contribution in [-0.4, -0.2) is 71.4 Å². The van der Waals surface area contributed by atoms with Crippen LogP contribution in [0.5, 0.6) is 0 Å². The standard InChI is InChI=1S/C26H32BrClFN5O3/c1-15-13-32(9-10-33(15)25(36)37-26(2,3)4)22-17-11-19(28)20(27)21(29)23(17)34(24(35)18(22)12-30)14-16-7-6-8-31(16)5/h11,15-16H,6-10,13-14H2,1-5H3. The summed E-state index contributed by atoms with van der Waals surface area (Å²) in [7, 11) is 1.99. The molecule has 1 aromatic heterocycles. The fourth-order valence-electron chi connectivity index (χ4n) is 5.28. The second kappa shape index (κ2) is 10.4. The van der Waals surface area contributed by atoms with Gasteiger partial charge in [0, 0.05) is 43.6 Å². The van der Waals surface area contributed by atoms with Crippen molar-refractivity contribution in [1.29, 1.82) is 5.26 Å². The van der Waals surface area contributed by atoms with E-state index in [0.717, 1.165) is 19.4 Å². The zero-order valence-electron chi connectivity index (χ0n) is 21.8. The number of nitriles is 1. The van der Waals surface area contributed by atoms with Gasteiger partial charge in [-0.3, -0.25) is 4.79 Å². The topological polar surface area (TPSA) is 81.8 Å². The number of hydrogen-bond acceptors (Lipinski definition) is 6. The number of piperazine rings is 1. The van der Waals surface area contributed by atoms with E-state index in [4.69, 9.17) is 16.3 Å². The molecule has 0 aliphatic carbocycles. The number of fused-ring (bicyclic) bond motifs is 1. The molecule has 2 unspecified atom stereocenters. The van der Waals surface area contributed by atoms with Crippen molar-refractivity contribution >= 4 is 50.2 Å². The number of rotatable bonds is 3. The normalized spacial score (nSPS) is 20.9. The van der Waals surface area contributed by atoms with Gasteiger partial charge in [-0.1, -0.05) is 11.6 Å². The number of anilines is 1. The van der Waals surface area contributed by atoms with Gasteiger partial charge in [0.1, 0.15) is 17.2 Å². The fraction of sp³-hybridized carbons (Fsp3) is 0.577. The minimum absolute atomic E-state index is 0.0520. The third-order valence-electron chi connectivity index (χ3n) is 7.11. The molecular formula is C26H32BrClFN5O3. The van der Waals surface area contributed by atoms with Gasteiger partial charge in [-0.05, 0) is 76.1 Å². The zero-order chi connectivity index (χ0) is 27.2.